The Kier molecular flexibility index (Phi) is 8.76. The van der Waals surface area contributed by atoms with Gasteiger partial charge in [-0.25, -0.2) is 4.98 Å². The lowest BCUT2D eigenvalue weighted by Crippen LogP contribution is -2.34. The van der Waals surface area contributed by atoms with Gasteiger partial charge in [0.1, 0.15) is 24.9 Å². The fourth-order valence-electron chi connectivity index (χ4n) is 5.22. The minimum absolute atomic E-state index is 0.147. The van der Waals surface area contributed by atoms with Crippen molar-refractivity contribution in [2.45, 2.75) is 63.8 Å². The van der Waals surface area contributed by atoms with E-state index in [1.807, 2.05) is 34.9 Å². The van der Waals surface area contributed by atoms with Crippen LogP contribution in [0.2, 0.25) is 30.7 Å². The summed E-state index contributed by atoms with van der Waals surface area (Å²) in [6.45, 7) is 11.2. The SMILES string of the molecule is C[Si](C)(C)CCOCn1c(C=O)cnc1CN1CCC(c2cccc3c2OC[C@@H](c2ccc(Cl)cc2)O3)CC1. The molecule has 0 aliphatic carbocycles. The molecule has 0 radical (unpaired) electrons. The maximum Gasteiger partial charge on any atom is 0.168 e. The van der Waals surface area contributed by atoms with E-state index in [-0.39, 0.29) is 6.10 Å². The van der Waals surface area contributed by atoms with Crippen LogP contribution in [0.15, 0.2) is 48.7 Å². The first kappa shape index (κ1) is 27.9. The molecular weight excluding hydrogens is 530 g/mol. The van der Waals surface area contributed by atoms with Crippen LogP contribution in [-0.2, 0) is 18.0 Å². The van der Waals surface area contributed by atoms with Crippen LogP contribution in [0.25, 0.3) is 0 Å². The summed E-state index contributed by atoms with van der Waals surface area (Å²) < 4.78 is 20.5. The van der Waals surface area contributed by atoms with Crippen molar-refractivity contribution in [2.24, 2.45) is 0 Å². The molecule has 2 aliphatic heterocycles. The van der Waals surface area contributed by atoms with Gasteiger partial charge in [0, 0.05) is 25.3 Å². The summed E-state index contributed by atoms with van der Waals surface area (Å²) in [7, 11) is -1.16. The number of halogens is 1. The molecule has 0 saturated carbocycles. The molecule has 3 heterocycles. The number of carbonyl (C=O) groups excluding carboxylic acids is 1. The van der Waals surface area contributed by atoms with E-state index < -0.39 is 8.07 Å². The van der Waals surface area contributed by atoms with Crippen molar-refractivity contribution in [1.29, 1.82) is 0 Å². The summed E-state index contributed by atoms with van der Waals surface area (Å²) in [4.78, 5) is 18.6. The third-order valence-corrected chi connectivity index (χ3v) is 9.55. The molecule has 1 aromatic heterocycles. The van der Waals surface area contributed by atoms with Crippen molar-refractivity contribution in [3.8, 4) is 11.5 Å². The normalized spacial score (nSPS) is 18.3. The van der Waals surface area contributed by atoms with E-state index in [0.717, 1.165) is 61.1 Å². The van der Waals surface area contributed by atoms with E-state index in [2.05, 4.69) is 41.7 Å². The first-order valence-electron chi connectivity index (χ1n) is 13.8. The summed E-state index contributed by atoms with van der Waals surface area (Å²) >= 11 is 6.05. The second-order valence-corrected chi connectivity index (χ2v) is 17.7. The molecule has 7 nitrogen and oxygen atoms in total. The number of rotatable bonds is 10. The number of aldehydes is 1. The number of hydrogen-bond donors (Lipinski definition) is 0. The first-order chi connectivity index (χ1) is 18.8. The molecule has 39 heavy (non-hydrogen) atoms. The van der Waals surface area contributed by atoms with E-state index in [1.165, 1.54) is 5.56 Å². The predicted molar refractivity (Wildman–Crippen MR) is 156 cm³/mol. The van der Waals surface area contributed by atoms with E-state index in [9.17, 15) is 4.79 Å². The van der Waals surface area contributed by atoms with Gasteiger partial charge < -0.3 is 18.8 Å². The highest BCUT2D eigenvalue weighted by Gasteiger charge is 2.30. The van der Waals surface area contributed by atoms with Gasteiger partial charge >= 0.3 is 0 Å². The molecule has 5 rings (SSSR count). The summed E-state index contributed by atoms with van der Waals surface area (Å²) in [5, 5.41) is 0.712. The molecule has 0 unspecified atom stereocenters. The van der Waals surface area contributed by atoms with Crippen molar-refractivity contribution in [3.05, 3.63) is 76.3 Å². The zero-order valence-electron chi connectivity index (χ0n) is 23.1. The van der Waals surface area contributed by atoms with Crippen LogP contribution in [-0.4, -0.2) is 55.1 Å². The Morgan fingerprint density at radius 2 is 1.90 bits per heavy atom. The van der Waals surface area contributed by atoms with Gasteiger partial charge in [-0.05, 0) is 61.7 Å². The number of carbonyl (C=O) groups is 1. The summed E-state index contributed by atoms with van der Waals surface area (Å²) in [6.07, 6.45) is 4.42. The minimum Gasteiger partial charge on any atom is -0.485 e. The Bertz CT molecular complexity index is 1270. The van der Waals surface area contributed by atoms with E-state index >= 15 is 0 Å². The quantitative estimate of drug-likeness (QED) is 0.157. The van der Waals surface area contributed by atoms with Gasteiger partial charge in [-0.3, -0.25) is 9.69 Å². The maximum atomic E-state index is 11.6. The second-order valence-electron chi connectivity index (χ2n) is 11.7. The number of hydrogen-bond acceptors (Lipinski definition) is 6. The Morgan fingerprint density at radius 3 is 2.62 bits per heavy atom. The summed E-state index contributed by atoms with van der Waals surface area (Å²) in [5.74, 6) is 2.97. The molecule has 0 bridgehead atoms. The molecule has 2 aromatic carbocycles. The number of imidazole rings is 1. The second kappa shape index (κ2) is 12.2. The number of aromatic nitrogens is 2. The van der Waals surface area contributed by atoms with Gasteiger partial charge in [-0.2, -0.15) is 0 Å². The monoisotopic (exact) mass is 567 g/mol. The van der Waals surface area contributed by atoms with Crippen LogP contribution < -0.4 is 9.47 Å². The fourth-order valence-corrected chi connectivity index (χ4v) is 6.11. The topological polar surface area (TPSA) is 65.8 Å². The molecule has 0 amide bonds. The largest absolute Gasteiger partial charge is 0.485 e. The Labute approximate surface area is 237 Å². The lowest BCUT2D eigenvalue weighted by atomic mass is 9.88. The number of para-hydroxylation sites is 1. The Hall–Kier alpha value is -2.65. The molecule has 1 fully saturated rings. The third-order valence-electron chi connectivity index (χ3n) is 7.60. The number of ether oxygens (including phenoxy) is 3. The number of nitrogens with zero attached hydrogens (tertiary/aromatic N) is 3. The van der Waals surface area contributed by atoms with Gasteiger partial charge in [-0.1, -0.05) is 55.5 Å². The Morgan fingerprint density at radius 1 is 1.13 bits per heavy atom. The fraction of sp³-hybridized carbons (Fsp3) is 0.467. The molecule has 3 aromatic rings. The zero-order valence-corrected chi connectivity index (χ0v) is 24.8. The van der Waals surface area contributed by atoms with Crippen molar-refractivity contribution in [2.75, 3.05) is 26.3 Å². The van der Waals surface area contributed by atoms with E-state index in [1.54, 1.807) is 6.20 Å². The van der Waals surface area contributed by atoms with Gasteiger partial charge in [0.15, 0.2) is 23.9 Å². The van der Waals surface area contributed by atoms with E-state index in [0.29, 0.717) is 43.1 Å². The first-order valence-corrected chi connectivity index (χ1v) is 17.9. The van der Waals surface area contributed by atoms with Crippen LogP contribution in [0.5, 0.6) is 11.5 Å². The highest BCUT2D eigenvalue weighted by atomic mass is 35.5. The van der Waals surface area contributed by atoms with Gasteiger partial charge in [0.05, 0.1) is 12.7 Å². The lowest BCUT2D eigenvalue weighted by molar-refractivity contribution is 0.0785. The average molecular weight is 568 g/mol. The molecule has 0 spiro atoms. The summed E-state index contributed by atoms with van der Waals surface area (Å²) in [5.41, 5.74) is 2.85. The van der Waals surface area contributed by atoms with Crippen LogP contribution in [0, 0.1) is 0 Å². The third kappa shape index (κ3) is 6.92. The number of piperidine rings is 1. The van der Waals surface area contributed by atoms with E-state index in [4.69, 9.17) is 25.8 Å². The molecule has 0 N–H and O–H groups in total. The van der Waals surface area contributed by atoms with Gasteiger partial charge in [-0.15, -0.1) is 0 Å². The van der Waals surface area contributed by atoms with Crippen LogP contribution in [0.3, 0.4) is 0 Å². The molecule has 1 atom stereocenters. The number of fused-ring (bicyclic) bond motifs is 1. The number of likely N-dealkylation sites (tertiary alicyclic amines) is 1. The van der Waals surface area contributed by atoms with Crippen LogP contribution in [0.4, 0.5) is 0 Å². The van der Waals surface area contributed by atoms with Gasteiger partial charge in [0.25, 0.3) is 0 Å². The summed E-state index contributed by atoms with van der Waals surface area (Å²) in [6, 6.07) is 15.1. The van der Waals surface area contributed by atoms with Crippen LogP contribution in [0.1, 0.15) is 52.3 Å². The van der Waals surface area contributed by atoms with Crippen LogP contribution >= 0.6 is 11.6 Å². The molecule has 2 aliphatic rings. The van der Waals surface area contributed by atoms with Gasteiger partial charge in [0.2, 0.25) is 0 Å². The average Bonchev–Trinajstić information content (AvgIpc) is 3.32. The highest BCUT2D eigenvalue weighted by Crippen LogP contribution is 2.44. The molecular formula is C30H38ClN3O4Si. The molecule has 1 saturated heterocycles. The highest BCUT2D eigenvalue weighted by molar-refractivity contribution is 6.76. The lowest BCUT2D eigenvalue weighted by Gasteiger charge is -2.34. The smallest absolute Gasteiger partial charge is 0.168 e. The maximum absolute atomic E-state index is 11.6. The zero-order chi connectivity index (χ0) is 27.4. The molecule has 9 heteroatoms. The minimum atomic E-state index is -1.16. The van der Waals surface area contributed by atoms with Crippen molar-refractivity contribution in [3.63, 3.8) is 0 Å². The predicted octanol–water partition coefficient (Wildman–Crippen LogP) is 6.55. The molecule has 208 valence electrons. The standard InChI is InChI=1S/C30H38ClN3O4Si/c1-39(2,3)16-15-36-21-34-25(19-35)17-32-29(34)18-33-13-11-22(12-14-33)26-5-4-6-27-30(26)37-20-28(38-27)23-7-9-24(31)10-8-23/h4-10,17,19,22,28H,11-16,18,20-21H2,1-3H3/t28-/m0/s1. The van der Waals surface area contributed by atoms with Crippen molar-refractivity contribution < 1.29 is 19.0 Å². The number of benzene rings is 2. The van der Waals surface area contributed by atoms with Crippen molar-refractivity contribution in [1.82, 2.24) is 14.5 Å². The van der Waals surface area contributed by atoms with Crippen molar-refractivity contribution >= 4 is 26.0 Å². The Balaban J connectivity index is 1.19.